The molecule has 0 amide bonds. The van der Waals surface area contributed by atoms with Crippen molar-refractivity contribution in [3.63, 3.8) is 0 Å². The molecule has 0 aliphatic rings. The fourth-order valence-corrected chi connectivity index (χ4v) is 6.44. The summed E-state index contributed by atoms with van der Waals surface area (Å²) in [4.78, 5) is 0. The van der Waals surface area contributed by atoms with Crippen LogP contribution >= 0.6 is 0 Å². The van der Waals surface area contributed by atoms with Gasteiger partial charge in [0, 0.05) is 0 Å². The second kappa shape index (κ2) is 11.4. The smallest absolute Gasteiger partial charge is 0.00139 e. The maximum absolute atomic E-state index is 3.84. The van der Waals surface area contributed by atoms with Crippen LogP contribution in [-0.4, -0.2) is 0 Å². The van der Waals surface area contributed by atoms with Gasteiger partial charge in [-0.2, -0.15) is 0 Å². The van der Waals surface area contributed by atoms with Gasteiger partial charge in [0.1, 0.15) is 0 Å². The molecule has 7 aromatic carbocycles. The lowest BCUT2D eigenvalue weighted by Gasteiger charge is -2.20. The maximum Gasteiger partial charge on any atom is -0.00139 e. The van der Waals surface area contributed by atoms with Gasteiger partial charge in [-0.3, -0.25) is 0 Å². The van der Waals surface area contributed by atoms with Gasteiger partial charge in [-0.15, -0.1) is 0 Å². The highest BCUT2D eigenvalue weighted by Crippen LogP contribution is 2.47. The zero-order valence-electron chi connectivity index (χ0n) is 24.3. The molecule has 0 spiro atoms. The Kier molecular flexibility index (Phi) is 7.03. The Hall–Kier alpha value is -5.46. The zero-order valence-corrected chi connectivity index (χ0v) is 24.3. The summed E-state index contributed by atoms with van der Waals surface area (Å²) in [5.41, 5.74) is 7.38. The molecule has 0 N–H and O–H groups in total. The molecule has 0 aromatic heterocycles. The molecule has 0 aliphatic heterocycles. The summed E-state index contributed by atoms with van der Waals surface area (Å²) in [5, 5.41) is 10.2. The van der Waals surface area contributed by atoms with E-state index in [1.54, 1.807) is 0 Å². The predicted octanol–water partition coefficient (Wildman–Crippen LogP) is 12.3. The first-order valence-electron chi connectivity index (χ1n) is 14.8. The van der Waals surface area contributed by atoms with Crippen molar-refractivity contribution in [3.05, 3.63) is 175 Å². The third kappa shape index (κ3) is 4.78. The lowest BCUT2D eigenvalue weighted by Crippen LogP contribution is -1.93. The van der Waals surface area contributed by atoms with Crippen molar-refractivity contribution in [2.24, 2.45) is 0 Å². The Labute approximate surface area is 253 Å². The topological polar surface area (TPSA) is 0 Å². The van der Waals surface area contributed by atoms with Crippen LogP contribution in [0.2, 0.25) is 0 Å². The molecule has 0 bridgehead atoms. The molecule has 0 atom stereocenters. The molecule has 0 aliphatic carbocycles. The van der Waals surface area contributed by atoms with Crippen LogP contribution in [-0.2, 0) is 0 Å². The molecule has 204 valence electrons. The van der Waals surface area contributed by atoms with Gasteiger partial charge in [-0.25, -0.2) is 0 Å². The molecule has 0 unspecified atom stereocenters. The first-order chi connectivity index (χ1) is 21.3. The van der Waals surface area contributed by atoms with E-state index in [1.165, 1.54) is 65.3 Å². The van der Waals surface area contributed by atoms with Crippen LogP contribution in [0, 0.1) is 0 Å². The highest BCUT2D eigenvalue weighted by atomic mass is 14.2. The minimum absolute atomic E-state index is 1.12. The van der Waals surface area contributed by atoms with E-state index in [4.69, 9.17) is 0 Å². The van der Waals surface area contributed by atoms with E-state index >= 15 is 0 Å². The summed E-state index contributed by atoms with van der Waals surface area (Å²) < 4.78 is 0. The number of rotatable bonds is 6. The normalized spacial score (nSPS) is 12.3. The van der Waals surface area contributed by atoms with Crippen molar-refractivity contribution < 1.29 is 0 Å². The predicted molar refractivity (Wildman–Crippen MR) is 189 cm³/mol. The molecular weight excluding hydrogens is 516 g/mol. The molecule has 0 saturated heterocycles. The highest BCUT2D eigenvalue weighted by Gasteiger charge is 2.19. The fourth-order valence-electron chi connectivity index (χ4n) is 6.44. The van der Waals surface area contributed by atoms with Crippen molar-refractivity contribution >= 4 is 49.2 Å². The van der Waals surface area contributed by atoms with Crippen LogP contribution in [0.3, 0.4) is 0 Å². The van der Waals surface area contributed by atoms with Crippen molar-refractivity contribution in [1.29, 1.82) is 0 Å². The lowest BCUT2D eigenvalue weighted by atomic mass is 9.83. The monoisotopic (exact) mass is 548 g/mol. The van der Waals surface area contributed by atoms with Crippen LogP contribution in [0.5, 0.6) is 0 Å². The third-order valence-electron chi connectivity index (χ3n) is 8.29. The number of benzene rings is 7. The Morgan fingerprint density at radius 1 is 0.512 bits per heavy atom. The summed E-state index contributed by atoms with van der Waals surface area (Å²) in [5.74, 6) is 0. The van der Waals surface area contributed by atoms with E-state index in [0.717, 1.165) is 11.1 Å². The molecule has 0 saturated carbocycles. The standard InChI is InChI=1S/C43H32/c1-3-13-30(14-4-2)23-24-31-25-27-32(28-26-31)41-37-19-9-11-21-39(37)43(40-22-12-10-20-38(40)41)42-35-17-7-5-15-33(35)29-34-16-6-8-18-36(34)42/h3-29H,1H2,2H3. The second-order valence-corrected chi connectivity index (χ2v) is 10.9. The Morgan fingerprint density at radius 3 is 1.49 bits per heavy atom. The average molecular weight is 549 g/mol. The summed E-state index contributed by atoms with van der Waals surface area (Å²) in [6.45, 7) is 5.87. The molecule has 7 aromatic rings. The maximum atomic E-state index is 3.84. The molecule has 43 heavy (non-hydrogen) atoms. The fraction of sp³-hybridized carbons (Fsp3) is 0.0233. The quantitative estimate of drug-likeness (QED) is 0.143. The molecule has 0 nitrogen and oxygen atoms in total. The minimum Gasteiger partial charge on any atom is -0.0990 e. The second-order valence-electron chi connectivity index (χ2n) is 10.9. The molecule has 0 heterocycles. The zero-order chi connectivity index (χ0) is 29.2. The molecule has 0 fully saturated rings. The van der Waals surface area contributed by atoms with Gasteiger partial charge >= 0.3 is 0 Å². The van der Waals surface area contributed by atoms with Gasteiger partial charge in [0.25, 0.3) is 0 Å². The number of hydrogen-bond donors (Lipinski definition) is 0. The van der Waals surface area contributed by atoms with Crippen molar-refractivity contribution in [1.82, 2.24) is 0 Å². The van der Waals surface area contributed by atoms with Gasteiger partial charge < -0.3 is 0 Å². The minimum atomic E-state index is 1.12. The van der Waals surface area contributed by atoms with E-state index in [9.17, 15) is 0 Å². The van der Waals surface area contributed by atoms with E-state index in [2.05, 4.69) is 152 Å². The van der Waals surface area contributed by atoms with Crippen molar-refractivity contribution in [3.8, 4) is 22.3 Å². The molecule has 7 rings (SSSR count). The van der Waals surface area contributed by atoms with Gasteiger partial charge in [-0.1, -0.05) is 164 Å². The van der Waals surface area contributed by atoms with Crippen molar-refractivity contribution in [2.75, 3.05) is 0 Å². The van der Waals surface area contributed by atoms with Crippen LogP contribution in [0.25, 0.3) is 71.4 Å². The lowest BCUT2D eigenvalue weighted by molar-refractivity contribution is 1.61. The van der Waals surface area contributed by atoms with Gasteiger partial charge in [-0.05, 0) is 89.5 Å². The number of hydrogen-bond acceptors (Lipinski definition) is 0. The van der Waals surface area contributed by atoms with Crippen molar-refractivity contribution in [2.45, 2.75) is 6.92 Å². The molecule has 0 heteroatoms. The van der Waals surface area contributed by atoms with Crippen LogP contribution in [0.1, 0.15) is 12.5 Å². The van der Waals surface area contributed by atoms with Crippen LogP contribution < -0.4 is 0 Å². The van der Waals surface area contributed by atoms with E-state index in [1.807, 2.05) is 25.2 Å². The Balaban J connectivity index is 1.49. The molecule has 0 radical (unpaired) electrons. The summed E-state index contributed by atoms with van der Waals surface area (Å²) in [6.07, 6.45) is 12.3. The van der Waals surface area contributed by atoms with E-state index in [-0.39, 0.29) is 0 Å². The van der Waals surface area contributed by atoms with Gasteiger partial charge in [0.2, 0.25) is 0 Å². The first kappa shape index (κ1) is 26.4. The van der Waals surface area contributed by atoms with E-state index < -0.39 is 0 Å². The number of fused-ring (bicyclic) bond motifs is 4. The summed E-state index contributed by atoms with van der Waals surface area (Å²) in [7, 11) is 0. The largest absolute Gasteiger partial charge is 0.0990 e. The first-order valence-corrected chi connectivity index (χ1v) is 14.8. The SMILES string of the molecule is C=CC=C(C=CC)C=Cc1ccc(-c2c3ccccc3c(-c3c4ccccc4cc4ccccc34)c3ccccc23)cc1. The Bertz CT molecular complexity index is 2130. The van der Waals surface area contributed by atoms with Gasteiger partial charge in [0.05, 0.1) is 0 Å². The summed E-state index contributed by atoms with van der Waals surface area (Å²) in [6, 6.07) is 46.7. The summed E-state index contributed by atoms with van der Waals surface area (Å²) >= 11 is 0. The average Bonchev–Trinajstić information content (AvgIpc) is 3.06. The Morgan fingerprint density at radius 2 is 0.977 bits per heavy atom. The molecular formula is C43H32. The van der Waals surface area contributed by atoms with Crippen LogP contribution in [0.4, 0.5) is 0 Å². The van der Waals surface area contributed by atoms with E-state index in [0.29, 0.717) is 0 Å². The van der Waals surface area contributed by atoms with Gasteiger partial charge in [0.15, 0.2) is 0 Å². The number of allylic oxidation sites excluding steroid dienone is 6. The van der Waals surface area contributed by atoms with Crippen LogP contribution in [0.15, 0.2) is 170 Å². The third-order valence-corrected chi connectivity index (χ3v) is 8.29. The highest BCUT2D eigenvalue weighted by molar-refractivity contribution is 6.27.